The Morgan fingerprint density at radius 2 is 1.76 bits per heavy atom. The number of para-hydroxylation sites is 1. The van der Waals surface area contributed by atoms with Gasteiger partial charge in [-0.2, -0.15) is 13.2 Å². The van der Waals surface area contributed by atoms with E-state index >= 15 is 0 Å². The molecule has 2 aromatic carbocycles. The molecule has 2 atom stereocenters. The van der Waals surface area contributed by atoms with Gasteiger partial charge in [-0.05, 0) is 80.2 Å². The number of aromatic nitrogens is 2. The number of hydrogen-bond acceptors (Lipinski definition) is 5. The summed E-state index contributed by atoms with van der Waals surface area (Å²) in [6, 6.07) is 16.7. The maximum Gasteiger partial charge on any atom is 0.418 e. The summed E-state index contributed by atoms with van der Waals surface area (Å²) in [6.07, 6.45) is -1.86. The molecule has 0 radical (unpaired) electrons. The van der Waals surface area contributed by atoms with Crippen molar-refractivity contribution in [1.82, 2.24) is 14.9 Å². The van der Waals surface area contributed by atoms with E-state index in [1.807, 2.05) is 23.1 Å². The Balaban J connectivity index is 1.71. The topological polar surface area (TPSA) is 88.5 Å². The predicted octanol–water partition coefficient (Wildman–Crippen LogP) is 6.07. The Morgan fingerprint density at radius 3 is 2.40 bits per heavy atom. The van der Waals surface area contributed by atoms with E-state index in [4.69, 9.17) is 17.0 Å². The number of thiocarbonyl (C=S) groups is 1. The van der Waals surface area contributed by atoms with Crippen LogP contribution in [-0.4, -0.2) is 36.4 Å². The van der Waals surface area contributed by atoms with E-state index in [1.165, 1.54) is 19.2 Å². The van der Waals surface area contributed by atoms with Crippen LogP contribution in [0.3, 0.4) is 0 Å². The third-order valence-corrected chi connectivity index (χ3v) is 8.00. The maximum absolute atomic E-state index is 14.0. The molecule has 4 aromatic rings. The summed E-state index contributed by atoms with van der Waals surface area (Å²) in [7, 11) is -2.21. The van der Waals surface area contributed by atoms with Crippen LogP contribution in [0.5, 0.6) is 5.75 Å². The monoisotopic (exact) mass is 615 g/mol. The van der Waals surface area contributed by atoms with Crippen LogP contribution in [0.1, 0.15) is 40.3 Å². The number of anilines is 2. The van der Waals surface area contributed by atoms with Gasteiger partial charge in [0.15, 0.2) is 5.11 Å². The molecule has 42 heavy (non-hydrogen) atoms. The minimum atomic E-state index is -4.55. The fourth-order valence-corrected chi connectivity index (χ4v) is 6.35. The quantitative estimate of drug-likeness (QED) is 0.244. The molecule has 0 amide bonds. The molecule has 13 heteroatoms. The van der Waals surface area contributed by atoms with Crippen molar-refractivity contribution in [1.29, 1.82) is 0 Å². The second kappa shape index (κ2) is 11.0. The van der Waals surface area contributed by atoms with Crippen LogP contribution in [-0.2, 0) is 16.2 Å². The third kappa shape index (κ3) is 5.53. The zero-order chi connectivity index (χ0) is 30.4. The molecule has 1 aliphatic heterocycles. The van der Waals surface area contributed by atoms with Gasteiger partial charge in [-0.3, -0.25) is 9.71 Å². The summed E-state index contributed by atoms with van der Waals surface area (Å²) < 4.78 is 75.7. The molecular weight excluding hydrogens is 587 g/mol. The number of pyridine rings is 1. The van der Waals surface area contributed by atoms with E-state index in [0.29, 0.717) is 33.6 Å². The molecule has 0 bridgehead atoms. The van der Waals surface area contributed by atoms with Crippen molar-refractivity contribution in [2.24, 2.45) is 0 Å². The highest BCUT2D eigenvalue weighted by Gasteiger charge is 2.43. The van der Waals surface area contributed by atoms with Gasteiger partial charge in [0.25, 0.3) is 0 Å². The fraction of sp³-hybridized carbons (Fsp3) is 0.241. The molecule has 2 aromatic heterocycles. The molecule has 2 N–H and O–H groups in total. The van der Waals surface area contributed by atoms with Gasteiger partial charge in [-0.25, -0.2) is 8.42 Å². The van der Waals surface area contributed by atoms with Crippen molar-refractivity contribution in [3.05, 3.63) is 101 Å². The first-order chi connectivity index (χ1) is 19.8. The van der Waals surface area contributed by atoms with Gasteiger partial charge in [-0.1, -0.05) is 18.2 Å². The highest BCUT2D eigenvalue weighted by molar-refractivity contribution is 7.92. The zero-order valence-corrected chi connectivity index (χ0v) is 24.7. The van der Waals surface area contributed by atoms with Gasteiger partial charge in [0.05, 0.1) is 48.1 Å². The van der Waals surface area contributed by atoms with E-state index in [2.05, 4.69) is 15.0 Å². The van der Waals surface area contributed by atoms with Gasteiger partial charge >= 0.3 is 6.18 Å². The number of halogens is 3. The van der Waals surface area contributed by atoms with Gasteiger partial charge in [0.2, 0.25) is 10.0 Å². The summed E-state index contributed by atoms with van der Waals surface area (Å²) in [5.41, 5.74) is 2.62. The summed E-state index contributed by atoms with van der Waals surface area (Å²) in [4.78, 5) is 6.36. The second-order valence-corrected chi connectivity index (χ2v) is 12.1. The van der Waals surface area contributed by atoms with Crippen molar-refractivity contribution < 1.29 is 26.3 Å². The molecule has 5 rings (SSSR count). The first kappa shape index (κ1) is 29.4. The molecule has 1 fully saturated rings. The number of rotatable bonds is 7. The highest BCUT2D eigenvalue weighted by Crippen LogP contribution is 2.46. The number of hydrogen-bond donors (Lipinski definition) is 2. The molecule has 1 saturated heterocycles. The number of nitrogens with zero attached hydrogens (tertiary/aromatic N) is 3. The van der Waals surface area contributed by atoms with E-state index in [9.17, 15) is 21.6 Å². The van der Waals surface area contributed by atoms with Gasteiger partial charge in [0.1, 0.15) is 5.75 Å². The fourth-order valence-electron chi connectivity index (χ4n) is 5.44. The van der Waals surface area contributed by atoms with Crippen molar-refractivity contribution in [3.8, 4) is 11.4 Å². The normalized spacial score (nSPS) is 17.3. The molecule has 8 nitrogen and oxygen atoms in total. The Hall–Kier alpha value is -4.10. The van der Waals surface area contributed by atoms with Crippen LogP contribution in [0.25, 0.3) is 5.69 Å². The Bertz CT molecular complexity index is 1760. The Kier molecular flexibility index (Phi) is 7.66. The SMILES string of the molecule is COc1ccc(N2C(=S)NC(c3ccccn3)C2c2cc(C)n(-c3ccccc3C(F)(F)F)c2C)cc1NS(C)(=O)=O. The number of ether oxygens (including phenoxy) is 1. The van der Waals surface area contributed by atoms with Crippen LogP contribution in [0.15, 0.2) is 72.9 Å². The van der Waals surface area contributed by atoms with Crippen molar-refractivity contribution in [2.45, 2.75) is 32.1 Å². The summed E-state index contributed by atoms with van der Waals surface area (Å²) >= 11 is 5.80. The van der Waals surface area contributed by atoms with Crippen molar-refractivity contribution in [3.63, 3.8) is 0 Å². The number of alkyl halides is 3. The molecular formula is C29H28F3N5O3S2. The second-order valence-electron chi connectivity index (χ2n) is 9.93. The van der Waals surface area contributed by atoms with Gasteiger partial charge < -0.3 is 19.5 Å². The number of aryl methyl sites for hydroxylation is 1. The zero-order valence-electron chi connectivity index (χ0n) is 23.1. The van der Waals surface area contributed by atoms with Crippen molar-refractivity contribution in [2.75, 3.05) is 23.0 Å². The number of methoxy groups -OCH3 is 1. The minimum Gasteiger partial charge on any atom is -0.495 e. The standard InChI is InChI=1S/C29H28F3N5O3S2/c1-17-15-20(18(2)36(17)24-11-6-5-9-21(24)29(30,31)32)27-26(22-10-7-8-14-33-22)34-28(41)37(27)19-12-13-25(40-3)23(16-19)35-42(4,38)39/h5-16,26-27,35H,1-4H3,(H,34,41). The minimum absolute atomic E-state index is 0.0183. The molecule has 1 aliphatic rings. The van der Waals surface area contributed by atoms with E-state index in [0.717, 1.165) is 17.9 Å². The van der Waals surface area contributed by atoms with Crippen LogP contribution in [0, 0.1) is 13.8 Å². The first-order valence-corrected chi connectivity index (χ1v) is 15.1. The molecule has 0 spiro atoms. The molecule has 0 saturated carbocycles. The van der Waals surface area contributed by atoms with Gasteiger partial charge in [-0.15, -0.1) is 0 Å². The molecule has 3 heterocycles. The lowest BCUT2D eigenvalue weighted by Crippen LogP contribution is -2.29. The van der Waals surface area contributed by atoms with Gasteiger partial charge in [0, 0.05) is 23.3 Å². The van der Waals surface area contributed by atoms with Crippen LogP contribution >= 0.6 is 12.2 Å². The van der Waals surface area contributed by atoms with E-state index in [-0.39, 0.29) is 11.4 Å². The number of sulfonamides is 1. The largest absolute Gasteiger partial charge is 0.495 e. The molecule has 220 valence electrons. The number of benzene rings is 2. The Morgan fingerprint density at radius 1 is 1.05 bits per heavy atom. The lowest BCUT2D eigenvalue weighted by atomic mass is 9.96. The van der Waals surface area contributed by atoms with E-state index in [1.54, 1.807) is 54.9 Å². The molecule has 2 unspecified atom stereocenters. The lowest BCUT2D eigenvalue weighted by molar-refractivity contribution is -0.137. The van der Waals surface area contributed by atoms with Crippen LogP contribution in [0.4, 0.5) is 24.5 Å². The predicted molar refractivity (Wildman–Crippen MR) is 160 cm³/mol. The maximum atomic E-state index is 14.0. The third-order valence-electron chi connectivity index (χ3n) is 7.09. The summed E-state index contributed by atoms with van der Waals surface area (Å²) in [6.45, 7) is 3.53. The average Bonchev–Trinajstić information content (AvgIpc) is 3.42. The van der Waals surface area contributed by atoms with E-state index < -0.39 is 33.8 Å². The first-order valence-electron chi connectivity index (χ1n) is 12.8. The van der Waals surface area contributed by atoms with Crippen molar-refractivity contribution >= 4 is 38.7 Å². The Labute approximate surface area is 247 Å². The summed E-state index contributed by atoms with van der Waals surface area (Å²) in [5, 5.41) is 3.67. The average molecular weight is 616 g/mol. The molecule has 0 aliphatic carbocycles. The highest BCUT2D eigenvalue weighted by atomic mass is 32.2. The smallest absolute Gasteiger partial charge is 0.418 e. The van der Waals surface area contributed by atoms with Crippen LogP contribution in [0.2, 0.25) is 0 Å². The summed E-state index contributed by atoms with van der Waals surface area (Å²) in [5.74, 6) is 0.307. The number of nitrogens with one attached hydrogen (secondary N) is 2. The van der Waals surface area contributed by atoms with Crippen LogP contribution < -0.4 is 19.7 Å². The lowest BCUT2D eigenvalue weighted by Gasteiger charge is -2.29.